The number of rotatable bonds is 11. The maximum absolute atomic E-state index is 12.5. The molecule has 0 aromatic rings. The fourth-order valence-electron chi connectivity index (χ4n) is 9.78. The van der Waals surface area contributed by atoms with Gasteiger partial charge in [-0.1, -0.05) is 41.5 Å². The summed E-state index contributed by atoms with van der Waals surface area (Å²) in [5.41, 5.74) is -0.231. The molecule has 0 heterocycles. The first-order valence-corrected chi connectivity index (χ1v) is 16.7. The van der Waals surface area contributed by atoms with Gasteiger partial charge in [0.2, 0.25) is 0 Å². The van der Waals surface area contributed by atoms with Crippen molar-refractivity contribution in [1.82, 2.24) is 0 Å². The Hall–Kier alpha value is -1.18. The standard InChI is InChI=1S/C34H58O7/c1-8-16-39-22(5)40-30(37)13-10-21(4)25-11-12-26-31-27(19-29(36)34(25,26)7)33(6)15-14-24(17-23(33)18-28(31)35)41-32(38)20(3)9-2/h20-29,31,35-36H,8-19H2,1-7H3. The molecule has 4 aliphatic carbocycles. The van der Waals surface area contributed by atoms with Gasteiger partial charge in [-0.15, -0.1) is 0 Å². The van der Waals surface area contributed by atoms with Crippen molar-refractivity contribution in [3.8, 4) is 0 Å². The van der Waals surface area contributed by atoms with Crippen molar-refractivity contribution in [3.63, 3.8) is 0 Å². The van der Waals surface area contributed by atoms with Gasteiger partial charge in [0, 0.05) is 6.42 Å². The Kier molecular flexibility index (Phi) is 10.5. The summed E-state index contributed by atoms with van der Waals surface area (Å²) in [4.78, 5) is 25.0. The van der Waals surface area contributed by atoms with E-state index in [0.717, 1.165) is 64.2 Å². The number of carbonyl (C=O) groups is 2. The predicted molar refractivity (Wildman–Crippen MR) is 158 cm³/mol. The summed E-state index contributed by atoms with van der Waals surface area (Å²) in [6.45, 7) is 15.2. The van der Waals surface area contributed by atoms with Gasteiger partial charge in [0.15, 0.2) is 6.29 Å². The van der Waals surface area contributed by atoms with E-state index in [2.05, 4.69) is 20.8 Å². The van der Waals surface area contributed by atoms with Gasteiger partial charge in [-0.25, -0.2) is 0 Å². The molecule has 0 spiro atoms. The van der Waals surface area contributed by atoms with Crippen LogP contribution in [0.25, 0.3) is 0 Å². The molecule has 2 N–H and O–H groups in total. The van der Waals surface area contributed by atoms with Crippen LogP contribution < -0.4 is 0 Å². The fourth-order valence-corrected chi connectivity index (χ4v) is 9.78. The summed E-state index contributed by atoms with van der Waals surface area (Å²) in [7, 11) is 0. The minimum atomic E-state index is -0.525. The topological polar surface area (TPSA) is 102 Å². The molecule has 13 atom stereocenters. The van der Waals surface area contributed by atoms with E-state index in [1.165, 1.54) is 0 Å². The number of fused-ring (bicyclic) bond motifs is 5. The molecule has 7 nitrogen and oxygen atoms in total. The Morgan fingerprint density at radius 3 is 2.39 bits per heavy atom. The average molecular weight is 579 g/mol. The van der Waals surface area contributed by atoms with Crippen LogP contribution in [-0.4, -0.2) is 53.4 Å². The molecule has 7 heteroatoms. The van der Waals surface area contributed by atoms with E-state index < -0.39 is 18.5 Å². The summed E-state index contributed by atoms with van der Waals surface area (Å²) in [6.07, 6.45) is 7.49. The van der Waals surface area contributed by atoms with Gasteiger partial charge in [-0.3, -0.25) is 9.59 Å². The highest BCUT2D eigenvalue weighted by molar-refractivity contribution is 5.72. The summed E-state index contributed by atoms with van der Waals surface area (Å²) in [5.74, 6) is 1.19. The van der Waals surface area contributed by atoms with Gasteiger partial charge < -0.3 is 24.4 Å². The van der Waals surface area contributed by atoms with Crippen LogP contribution in [0.5, 0.6) is 0 Å². The fraction of sp³-hybridized carbons (Fsp3) is 0.941. The second-order valence-electron chi connectivity index (χ2n) is 14.7. The molecule has 4 rings (SSSR count). The summed E-state index contributed by atoms with van der Waals surface area (Å²) >= 11 is 0. The predicted octanol–water partition coefficient (Wildman–Crippen LogP) is 6.28. The zero-order chi connectivity index (χ0) is 30.1. The van der Waals surface area contributed by atoms with E-state index >= 15 is 0 Å². The lowest BCUT2D eigenvalue weighted by atomic mass is 9.43. The Morgan fingerprint density at radius 1 is 0.976 bits per heavy atom. The lowest BCUT2D eigenvalue weighted by Gasteiger charge is -2.63. The van der Waals surface area contributed by atoms with Crippen LogP contribution in [0.4, 0.5) is 0 Å². The van der Waals surface area contributed by atoms with E-state index in [9.17, 15) is 19.8 Å². The van der Waals surface area contributed by atoms with Crippen LogP contribution in [0.2, 0.25) is 0 Å². The van der Waals surface area contributed by atoms with Crippen LogP contribution in [-0.2, 0) is 23.8 Å². The number of ether oxygens (including phenoxy) is 3. The third kappa shape index (κ3) is 6.38. The summed E-state index contributed by atoms with van der Waals surface area (Å²) in [5, 5.41) is 23.6. The van der Waals surface area contributed by atoms with E-state index in [1.807, 2.05) is 20.8 Å². The van der Waals surface area contributed by atoms with Crippen molar-refractivity contribution in [2.45, 2.75) is 144 Å². The highest BCUT2D eigenvalue weighted by Crippen LogP contribution is 2.68. The van der Waals surface area contributed by atoms with E-state index in [4.69, 9.17) is 14.2 Å². The molecule has 0 bridgehead atoms. The highest BCUT2D eigenvalue weighted by atomic mass is 16.7. The third-order valence-electron chi connectivity index (χ3n) is 12.5. The van der Waals surface area contributed by atoms with E-state index in [0.29, 0.717) is 24.9 Å². The molecule has 41 heavy (non-hydrogen) atoms. The molecule has 0 aromatic heterocycles. The Balaban J connectivity index is 1.41. The highest BCUT2D eigenvalue weighted by Gasteiger charge is 2.65. The molecule has 4 fully saturated rings. The van der Waals surface area contributed by atoms with Gasteiger partial charge >= 0.3 is 11.9 Å². The Labute approximate surface area is 248 Å². The quantitative estimate of drug-likeness (QED) is 0.220. The van der Waals surface area contributed by atoms with Crippen LogP contribution in [0.3, 0.4) is 0 Å². The second-order valence-corrected chi connectivity index (χ2v) is 14.7. The van der Waals surface area contributed by atoms with Crippen LogP contribution in [0.1, 0.15) is 119 Å². The smallest absolute Gasteiger partial charge is 0.308 e. The van der Waals surface area contributed by atoms with Crippen LogP contribution >= 0.6 is 0 Å². The van der Waals surface area contributed by atoms with Crippen LogP contribution in [0, 0.1) is 52.3 Å². The molecule has 0 radical (unpaired) electrons. The van der Waals surface area contributed by atoms with Crippen molar-refractivity contribution < 1.29 is 34.0 Å². The zero-order valence-corrected chi connectivity index (χ0v) is 26.8. The Bertz CT molecular complexity index is 908. The monoisotopic (exact) mass is 578 g/mol. The molecule has 0 aliphatic heterocycles. The van der Waals surface area contributed by atoms with E-state index in [1.54, 1.807) is 6.92 Å². The van der Waals surface area contributed by atoms with Crippen molar-refractivity contribution in [2.75, 3.05) is 6.61 Å². The number of hydrogen-bond donors (Lipinski definition) is 2. The van der Waals surface area contributed by atoms with E-state index in [-0.39, 0.29) is 58.5 Å². The lowest BCUT2D eigenvalue weighted by molar-refractivity contribution is -0.210. The first-order chi connectivity index (χ1) is 19.4. The number of aliphatic hydroxyl groups excluding tert-OH is 2. The van der Waals surface area contributed by atoms with Crippen LogP contribution in [0.15, 0.2) is 0 Å². The maximum atomic E-state index is 12.5. The molecule has 4 saturated carbocycles. The van der Waals surface area contributed by atoms with Gasteiger partial charge in [-0.05, 0) is 117 Å². The van der Waals surface area contributed by atoms with Gasteiger partial charge in [0.25, 0.3) is 0 Å². The van der Waals surface area contributed by atoms with Crippen molar-refractivity contribution in [2.24, 2.45) is 52.3 Å². The SMILES string of the molecule is CCCOC(C)OC(=O)CCC(C)C1CCC2C3C(O)CC4CC(OC(=O)C(C)CC)CCC4(C)C3CC(O)C12C. The zero-order valence-electron chi connectivity index (χ0n) is 26.8. The number of hydrogen-bond acceptors (Lipinski definition) is 7. The number of aliphatic hydroxyl groups is 2. The Morgan fingerprint density at radius 2 is 1.71 bits per heavy atom. The van der Waals surface area contributed by atoms with Crippen molar-refractivity contribution in [1.29, 1.82) is 0 Å². The molecule has 13 unspecified atom stereocenters. The van der Waals surface area contributed by atoms with Crippen molar-refractivity contribution >= 4 is 11.9 Å². The minimum absolute atomic E-state index is 0.0372. The number of esters is 2. The first kappa shape index (κ1) is 32.7. The molecular formula is C34H58O7. The summed E-state index contributed by atoms with van der Waals surface area (Å²) in [6, 6.07) is 0. The largest absolute Gasteiger partial charge is 0.462 e. The molecule has 236 valence electrons. The molecule has 0 aromatic carbocycles. The van der Waals surface area contributed by atoms with Gasteiger partial charge in [0.1, 0.15) is 6.10 Å². The normalized spacial score (nSPS) is 42.3. The van der Waals surface area contributed by atoms with Gasteiger partial charge in [-0.2, -0.15) is 0 Å². The molecule has 4 aliphatic rings. The number of carbonyl (C=O) groups excluding carboxylic acids is 2. The first-order valence-electron chi connectivity index (χ1n) is 16.7. The maximum Gasteiger partial charge on any atom is 0.308 e. The molecule has 0 saturated heterocycles. The second kappa shape index (κ2) is 13.2. The van der Waals surface area contributed by atoms with Crippen molar-refractivity contribution in [3.05, 3.63) is 0 Å². The molecular weight excluding hydrogens is 520 g/mol. The average Bonchev–Trinajstić information content (AvgIpc) is 3.29. The van der Waals surface area contributed by atoms with Gasteiger partial charge in [0.05, 0.1) is 24.7 Å². The lowest BCUT2D eigenvalue weighted by Crippen LogP contribution is -2.62. The summed E-state index contributed by atoms with van der Waals surface area (Å²) < 4.78 is 16.9. The minimum Gasteiger partial charge on any atom is -0.462 e. The molecule has 0 amide bonds. The third-order valence-corrected chi connectivity index (χ3v) is 12.5.